The lowest BCUT2D eigenvalue weighted by atomic mass is 9.92. The van der Waals surface area contributed by atoms with E-state index in [1.165, 1.54) is 28.7 Å². The number of allylic oxidation sites excluding steroid dienone is 4. The van der Waals surface area contributed by atoms with Gasteiger partial charge in [-0.1, -0.05) is 38.1 Å². The van der Waals surface area contributed by atoms with E-state index < -0.39 is 0 Å². The average molecular weight is 276 g/mol. The van der Waals surface area contributed by atoms with Gasteiger partial charge in [-0.3, -0.25) is 9.97 Å². The van der Waals surface area contributed by atoms with Crippen LogP contribution in [0.2, 0.25) is 0 Å². The smallest absolute Gasteiger partial charge is 0.0346 e. The van der Waals surface area contributed by atoms with Crippen LogP contribution in [0.3, 0.4) is 0 Å². The van der Waals surface area contributed by atoms with Crippen molar-refractivity contribution in [1.29, 1.82) is 0 Å². The standard InChI is InChI=1S/C17H14N2.C2H6/c1-3-12(10-18-5-1)14-7-15-9-17(15)16(8-14)13-4-2-6-19-11-13;1-2/h1-8,10-11,15,17H,9H2;1-2H3. The maximum Gasteiger partial charge on any atom is 0.0346 e. The van der Waals surface area contributed by atoms with Gasteiger partial charge >= 0.3 is 0 Å². The summed E-state index contributed by atoms with van der Waals surface area (Å²) in [4.78, 5) is 8.45. The molecule has 0 bridgehead atoms. The predicted molar refractivity (Wildman–Crippen MR) is 87.4 cm³/mol. The molecule has 2 aromatic rings. The van der Waals surface area contributed by atoms with Gasteiger partial charge in [0.05, 0.1) is 0 Å². The maximum atomic E-state index is 4.24. The quantitative estimate of drug-likeness (QED) is 0.800. The number of nitrogens with zero attached hydrogens (tertiary/aromatic N) is 2. The molecule has 0 aliphatic heterocycles. The summed E-state index contributed by atoms with van der Waals surface area (Å²) in [6.07, 6.45) is 13.5. The van der Waals surface area contributed by atoms with Gasteiger partial charge < -0.3 is 0 Å². The fourth-order valence-corrected chi connectivity index (χ4v) is 2.85. The summed E-state index contributed by atoms with van der Waals surface area (Å²) in [7, 11) is 0. The molecule has 2 heterocycles. The van der Waals surface area contributed by atoms with Crippen molar-refractivity contribution in [2.75, 3.05) is 0 Å². The molecule has 21 heavy (non-hydrogen) atoms. The van der Waals surface area contributed by atoms with Gasteiger partial charge in [0.2, 0.25) is 0 Å². The average Bonchev–Trinajstić information content (AvgIpc) is 3.37. The molecule has 0 aromatic carbocycles. The molecule has 0 amide bonds. The molecule has 1 fully saturated rings. The molecule has 0 radical (unpaired) electrons. The van der Waals surface area contributed by atoms with Crippen LogP contribution in [0, 0.1) is 11.8 Å². The molecule has 2 aliphatic rings. The molecule has 4 rings (SSSR count). The van der Waals surface area contributed by atoms with Crippen molar-refractivity contribution in [3.8, 4) is 0 Å². The molecule has 106 valence electrons. The third-order valence-corrected chi connectivity index (χ3v) is 3.93. The van der Waals surface area contributed by atoms with Gasteiger partial charge in [0.1, 0.15) is 0 Å². The highest BCUT2D eigenvalue weighted by Crippen LogP contribution is 2.53. The summed E-state index contributed by atoms with van der Waals surface area (Å²) in [5.41, 5.74) is 5.18. The summed E-state index contributed by atoms with van der Waals surface area (Å²) in [5, 5.41) is 0. The fourth-order valence-electron chi connectivity index (χ4n) is 2.85. The molecule has 2 unspecified atom stereocenters. The van der Waals surface area contributed by atoms with E-state index in [0.717, 1.165) is 0 Å². The molecular weight excluding hydrogens is 256 g/mol. The maximum absolute atomic E-state index is 4.24. The highest BCUT2D eigenvalue weighted by Gasteiger charge is 2.41. The molecule has 2 heteroatoms. The number of aromatic nitrogens is 2. The summed E-state index contributed by atoms with van der Waals surface area (Å²) in [6.45, 7) is 4.00. The lowest BCUT2D eigenvalue weighted by Crippen LogP contribution is -1.96. The number of pyridine rings is 2. The van der Waals surface area contributed by atoms with Crippen LogP contribution in [-0.4, -0.2) is 9.97 Å². The van der Waals surface area contributed by atoms with E-state index in [1.54, 1.807) is 0 Å². The molecule has 2 aromatic heterocycles. The molecule has 1 saturated carbocycles. The Hall–Kier alpha value is -2.22. The topological polar surface area (TPSA) is 25.8 Å². The second-order valence-electron chi connectivity index (χ2n) is 5.21. The van der Waals surface area contributed by atoms with E-state index in [9.17, 15) is 0 Å². The SMILES string of the molecule is C1=C(c2cccnc2)C=C(c2cccnc2)C2CC12.CC. The molecule has 0 saturated heterocycles. The van der Waals surface area contributed by atoms with Crippen molar-refractivity contribution in [1.82, 2.24) is 9.97 Å². The first-order valence-corrected chi connectivity index (χ1v) is 7.66. The van der Waals surface area contributed by atoms with Gasteiger partial charge in [0.25, 0.3) is 0 Å². The third-order valence-electron chi connectivity index (χ3n) is 3.93. The Bertz CT molecular complexity index is 656. The lowest BCUT2D eigenvalue weighted by molar-refractivity contribution is 1.000. The van der Waals surface area contributed by atoms with Crippen molar-refractivity contribution >= 4 is 11.1 Å². The molecule has 2 nitrogen and oxygen atoms in total. The largest absolute Gasteiger partial charge is 0.264 e. The molecule has 2 aliphatic carbocycles. The van der Waals surface area contributed by atoms with E-state index in [2.05, 4.69) is 34.3 Å². The molecule has 0 spiro atoms. The zero-order valence-electron chi connectivity index (χ0n) is 12.5. The lowest BCUT2D eigenvalue weighted by Gasteiger charge is -2.13. The Kier molecular flexibility index (Phi) is 3.96. The number of hydrogen-bond donors (Lipinski definition) is 0. The van der Waals surface area contributed by atoms with Crippen molar-refractivity contribution in [3.05, 3.63) is 72.3 Å². The second-order valence-corrected chi connectivity index (χ2v) is 5.21. The Morgan fingerprint density at radius 3 is 2.24 bits per heavy atom. The third kappa shape index (κ3) is 2.80. The van der Waals surface area contributed by atoms with Gasteiger partial charge in [-0.25, -0.2) is 0 Å². The van der Waals surface area contributed by atoms with Crippen molar-refractivity contribution in [2.24, 2.45) is 11.8 Å². The number of rotatable bonds is 2. The first kappa shape index (κ1) is 13.7. The Morgan fingerprint density at radius 2 is 1.62 bits per heavy atom. The van der Waals surface area contributed by atoms with E-state index in [4.69, 9.17) is 0 Å². The Labute approximate surface area is 126 Å². The Morgan fingerprint density at radius 1 is 0.952 bits per heavy atom. The zero-order valence-corrected chi connectivity index (χ0v) is 12.5. The normalized spacial score (nSPS) is 22.2. The molecule has 2 atom stereocenters. The van der Waals surface area contributed by atoms with Crippen LogP contribution in [0.4, 0.5) is 0 Å². The first-order valence-electron chi connectivity index (χ1n) is 7.66. The first-order chi connectivity index (χ1) is 10.4. The van der Waals surface area contributed by atoms with Crippen LogP contribution >= 0.6 is 0 Å². The minimum Gasteiger partial charge on any atom is -0.264 e. The number of hydrogen-bond acceptors (Lipinski definition) is 2. The van der Waals surface area contributed by atoms with Crippen LogP contribution in [0.5, 0.6) is 0 Å². The van der Waals surface area contributed by atoms with E-state index >= 15 is 0 Å². The minimum atomic E-state index is 0.699. The molecule has 0 N–H and O–H groups in total. The monoisotopic (exact) mass is 276 g/mol. The minimum absolute atomic E-state index is 0.699. The van der Waals surface area contributed by atoms with E-state index in [1.807, 2.05) is 50.8 Å². The predicted octanol–water partition coefficient (Wildman–Crippen LogP) is 4.62. The van der Waals surface area contributed by atoms with Crippen molar-refractivity contribution < 1.29 is 0 Å². The summed E-state index contributed by atoms with van der Waals surface area (Å²) in [5.74, 6) is 1.40. The molecular formula is C19H20N2. The second kappa shape index (κ2) is 6.04. The number of fused-ring (bicyclic) bond motifs is 1. The van der Waals surface area contributed by atoms with Crippen LogP contribution in [0.1, 0.15) is 31.4 Å². The van der Waals surface area contributed by atoms with Crippen molar-refractivity contribution in [2.45, 2.75) is 20.3 Å². The van der Waals surface area contributed by atoms with Gasteiger partial charge in [0, 0.05) is 24.8 Å². The van der Waals surface area contributed by atoms with Crippen molar-refractivity contribution in [3.63, 3.8) is 0 Å². The summed E-state index contributed by atoms with van der Waals surface area (Å²) < 4.78 is 0. The van der Waals surface area contributed by atoms with Crippen LogP contribution in [0.15, 0.2) is 61.2 Å². The van der Waals surface area contributed by atoms with E-state index in [0.29, 0.717) is 11.8 Å². The highest BCUT2D eigenvalue weighted by molar-refractivity contribution is 5.88. The van der Waals surface area contributed by atoms with Gasteiger partial charge in [-0.15, -0.1) is 0 Å². The van der Waals surface area contributed by atoms with Crippen LogP contribution in [-0.2, 0) is 0 Å². The summed E-state index contributed by atoms with van der Waals surface area (Å²) in [6, 6.07) is 8.28. The highest BCUT2D eigenvalue weighted by atomic mass is 14.6. The fraction of sp³-hybridized carbons (Fsp3) is 0.263. The van der Waals surface area contributed by atoms with Gasteiger partial charge in [0.15, 0.2) is 0 Å². The van der Waals surface area contributed by atoms with Gasteiger partial charge in [-0.2, -0.15) is 0 Å². The van der Waals surface area contributed by atoms with Crippen LogP contribution < -0.4 is 0 Å². The Balaban J connectivity index is 0.000000636. The van der Waals surface area contributed by atoms with Crippen LogP contribution in [0.25, 0.3) is 11.1 Å². The van der Waals surface area contributed by atoms with Gasteiger partial charge in [-0.05, 0) is 52.7 Å². The summed E-state index contributed by atoms with van der Waals surface area (Å²) >= 11 is 0. The van der Waals surface area contributed by atoms with E-state index in [-0.39, 0.29) is 0 Å². The zero-order chi connectivity index (χ0) is 14.7.